The zero-order valence-corrected chi connectivity index (χ0v) is 12.5. The molecule has 0 unspecified atom stereocenters. The smallest absolute Gasteiger partial charge is 0.260 e. The number of carbonyl (C=O) groups excluding carboxylic acids is 2. The highest BCUT2D eigenvalue weighted by molar-refractivity contribution is 5.80. The third-order valence-electron chi connectivity index (χ3n) is 3.25. The highest BCUT2D eigenvalue weighted by Gasteiger charge is 2.14. The van der Waals surface area contributed by atoms with Crippen molar-refractivity contribution >= 4 is 12.2 Å². The molecule has 0 spiro atoms. The molecule has 6 heteroatoms. The first-order chi connectivity index (χ1) is 11.0. The van der Waals surface area contributed by atoms with Crippen LogP contribution in [0.2, 0.25) is 0 Å². The van der Waals surface area contributed by atoms with Gasteiger partial charge in [0.15, 0.2) is 12.9 Å². The molecule has 0 saturated carbocycles. The van der Waals surface area contributed by atoms with E-state index in [9.17, 15) is 18.4 Å². The van der Waals surface area contributed by atoms with Crippen molar-refractivity contribution in [3.63, 3.8) is 0 Å². The van der Waals surface area contributed by atoms with Gasteiger partial charge in [-0.3, -0.25) is 9.59 Å². The summed E-state index contributed by atoms with van der Waals surface area (Å²) in [5, 5.41) is 0. The van der Waals surface area contributed by atoms with Crippen LogP contribution in [0.5, 0.6) is 5.75 Å². The van der Waals surface area contributed by atoms with E-state index in [1.54, 1.807) is 24.3 Å². The third kappa shape index (κ3) is 4.35. The Morgan fingerprint density at radius 3 is 2.65 bits per heavy atom. The quantitative estimate of drug-likeness (QED) is 0.769. The summed E-state index contributed by atoms with van der Waals surface area (Å²) in [5.74, 6) is -1.47. The molecule has 0 fully saturated rings. The summed E-state index contributed by atoms with van der Waals surface area (Å²) in [7, 11) is 1.49. The number of aldehydes is 1. The number of likely N-dealkylation sites (N-methyl/N-ethyl adjacent to an activating group) is 1. The summed E-state index contributed by atoms with van der Waals surface area (Å²) in [4.78, 5) is 24.1. The van der Waals surface area contributed by atoms with E-state index in [0.717, 1.165) is 12.1 Å². The Kier molecular flexibility index (Phi) is 5.41. The summed E-state index contributed by atoms with van der Waals surface area (Å²) in [6.45, 7) is -0.298. The van der Waals surface area contributed by atoms with Gasteiger partial charge < -0.3 is 9.64 Å². The van der Waals surface area contributed by atoms with E-state index in [4.69, 9.17) is 4.74 Å². The lowest BCUT2D eigenvalue weighted by Crippen LogP contribution is -2.31. The van der Waals surface area contributed by atoms with Gasteiger partial charge >= 0.3 is 0 Å². The first kappa shape index (κ1) is 16.6. The monoisotopic (exact) mass is 319 g/mol. The standard InChI is InChI=1S/C17H15F2NO3/c1-20(9-12-6-7-14(18)8-15(12)19)17(22)11-23-16-5-3-2-4-13(16)10-21/h2-8,10H,9,11H2,1H3. The molecule has 2 rings (SSSR count). The average Bonchev–Trinajstić information content (AvgIpc) is 2.55. The minimum absolute atomic E-state index is 0.0103. The van der Waals surface area contributed by atoms with Crippen LogP contribution in [0.3, 0.4) is 0 Å². The van der Waals surface area contributed by atoms with Gasteiger partial charge in [-0.15, -0.1) is 0 Å². The Morgan fingerprint density at radius 1 is 1.22 bits per heavy atom. The fourth-order valence-corrected chi connectivity index (χ4v) is 1.95. The van der Waals surface area contributed by atoms with E-state index in [-0.39, 0.29) is 18.7 Å². The third-order valence-corrected chi connectivity index (χ3v) is 3.25. The van der Waals surface area contributed by atoms with Crippen molar-refractivity contribution in [1.29, 1.82) is 0 Å². The Labute approximate surface area is 132 Å². The molecule has 0 radical (unpaired) electrons. The van der Waals surface area contributed by atoms with Crippen LogP contribution in [0.25, 0.3) is 0 Å². The van der Waals surface area contributed by atoms with Crippen molar-refractivity contribution in [2.24, 2.45) is 0 Å². The molecule has 0 heterocycles. The number of halogens is 2. The van der Waals surface area contributed by atoms with Crippen LogP contribution in [0.1, 0.15) is 15.9 Å². The van der Waals surface area contributed by atoms with E-state index < -0.39 is 17.5 Å². The minimum Gasteiger partial charge on any atom is -0.483 e. The maximum absolute atomic E-state index is 13.6. The van der Waals surface area contributed by atoms with Crippen molar-refractivity contribution in [3.8, 4) is 5.75 Å². The maximum Gasteiger partial charge on any atom is 0.260 e. The normalized spacial score (nSPS) is 10.2. The van der Waals surface area contributed by atoms with Crippen LogP contribution in [0.4, 0.5) is 8.78 Å². The number of nitrogens with zero attached hydrogens (tertiary/aromatic N) is 1. The van der Waals surface area contributed by atoms with Crippen molar-refractivity contribution < 1.29 is 23.1 Å². The first-order valence-corrected chi connectivity index (χ1v) is 6.86. The summed E-state index contributed by atoms with van der Waals surface area (Å²) in [6, 6.07) is 9.71. The number of benzene rings is 2. The molecule has 0 aromatic heterocycles. The Balaban J connectivity index is 1.96. The largest absolute Gasteiger partial charge is 0.483 e. The summed E-state index contributed by atoms with van der Waals surface area (Å²) < 4.78 is 31.8. The first-order valence-electron chi connectivity index (χ1n) is 6.86. The van der Waals surface area contributed by atoms with Gasteiger partial charge in [-0.2, -0.15) is 0 Å². The van der Waals surface area contributed by atoms with Crippen LogP contribution >= 0.6 is 0 Å². The van der Waals surface area contributed by atoms with Gasteiger partial charge in [-0.25, -0.2) is 8.78 Å². The van der Waals surface area contributed by atoms with Crippen LogP contribution in [-0.2, 0) is 11.3 Å². The molecule has 1 amide bonds. The number of ether oxygens (including phenoxy) is 1. The number of amides is 1. The molecular formula is C17H15F2NO3. The zero-order chi connectivity index (χ0) is 16.8. The predicted molar refractivity (Wildman–Crippen MR) is 80.2 cm³/mol. The molecule has 0 atom stereocenters. The van der Waals surface area contributed by atoms with E-state index in [2.05, 4.69) is 0 Å². The zero-order valence-electron chi connectivity index (χ0n) is 12.5. The number of hydrogen-bond acceptors (Lipinski definition) is 3. The van der Waals surface area contributed by atoms with Crippen LogP contribution in [-0.4, -0.2) is 30.7 Å². The highest BCUT2D eigenvalue weighted by Crippen LogP contribution is 2.16. The highest BCUT2D eigenvalue weighted by atomic mass is 19.1. The van der Waals surface area contributed by atoms with Gasteiger partial charge in [-0.1, -0.05) is 18.2 Å². The lowest BCUT2D eigenvalue weighted by atomic mass is 10.2. The second-order valence-electron chi connectivity index (χ2n) is 4.93. The van der Waals surface area contributed by atoms with Crippen LogP contribution in [0, 0.1) is 11.6 Å². The lowest BCUT2D eigenvalue weighted by Gasteiger charge is -2.18. The van der Waals surface area contributed by atoms with Crippen molar-refractivity contribution in [1.82, 2.24) is 4.90 Å². The molecule has 4 nitrogen and oxygen atoms in total. The number of hydrogen-bond donors (Lipinski definition) is 0. The summed E-state index contributed by atoms with van der Waals surface area (Å²) in [5.41, 5.74) is 0.545. The summed E-state index contributed by atoms with van der Waals surface area (Å²) >= 11 is 0. The molecule has 23 heavy (non-hydrogen) atoms. The van der Waals surface area contributed by atoms with Gasteiger partial charge in [0, 0.05) is 25.2 Å². The van der Waals surface area contributed by atoms with Gasteiger partial charge in [-0.05, 0) is 18.2 Å². The van der Waals surface area contributed by atoms with Crippen molar-refractivity contribution in [3.05, 3.63) is 65.2 Å². The molecule has 0 aliphatic heterocycles. The second-order valence-corrected chi connectivity index (χ2v) is 4.93. The molecule has 0 aliphatic carbocycles. The minimum atomic E-state index is -0.711. The lowest BCUT2D eigenvalue weighted by molar-refractivity contribution is -0.132. The predicted octanol–water partition coefficient (Wildman–Crippen LogP) is 2.81. The molecule has 2 aromatic rings. The molecule has 2 aromatic carbocycles. The van der Waals surface area contributed by atoms with Gasteiger partial charge in [0.25, 0.3) is 5.91 Å². The molecule has 0 aliphatic rings. The maximum atomic E-state index is 13.6. The summed E-state index contributed by atoms with van der Waals surface area (Å²) in [6.07, 6.45) is 0.636. The molecule has 0 saturated heterocycles. The second kappa shape index (κ2) is 7.49. The van der Waals surface area contributed by atoms with Crippen molar-refractivity contribution in [2.75, 3.05) is 13.7 Å². The van der Waals surface area contributed by atoms with Gasteiger partial charge in [0.05, 0.1) is 5.56 Å². The van der Waals surface area contributed by atoms with E-state index in [1.165, 1.54) is 18.0 Å². The number of rotatable bonds is 6. The molecule has 120 valence electrons. The van der Waals surface area contributed by atoms with E-state index >= 15 is 0 Å². The molecular weight excluding hydrogens is 304 g/mol. The van der Waals surface area contributed by atoms with Crippen LogP contribution < -0.4 is 4.74 Å². The van der Waals surface area contributed by atoms with Gasteiger partial charge in [0.1, 0.15) is 17.4 Å². The fourth-order valence-electron chi connectivity index (χ4n) is 1.95. The van der Waals surface area contributed by atoms with E-state index in [1.807, 2.05) is 0 Å². The molecule has 0 N–H and O–H groups in total. The van der Waals surface area contributed by atoms with Gasteiger partial charge in [0.2, 0.25) is 0 Å². The van der Waals surface area contributed by atoms with Crippen LogP contribution in [0.15, 0.2) is 42.5 Å². The fraction of sp³-hybridized carbons (Fsp3) is 0.176. The van der Waals surface area contributed by atoms with Crippen molar-refractivity contribution in [2.45, 2.75) is 6.54 Å². The molecule has 0 bridgehead atoms. The SMILES string of the molecule is CN(Cc1ccc(F)cc1F)C(=O)COc1ccccc1C=O. The number of carbonyl (C=O) groups is 2. The van der Waals surface area contributed by atoms with E-state index in [0.29, 0.717) is 17.6 Å². The average molecular weight is 319 g/mol. The Morgan fingerprint density at radius 2 is 1.96 bits per heavy atom. The Bertz CT molecular complexity index is 719. The number of para-hydroxylation sites is 1. The topological polar surface area (TPSA) is 46.6 Å². The Hall–Kier alpha value is -2.76.